The Morgan fingerprint density at radius 1 is 0.895 bits per heavy atom. The Hall–Kier alpha value is -4.91. The van der Waals surface area contributed by atoms with Crippen molar-refractivity contribution in [2.75, 3.05) is 0 Å². The van der Waals surface area contributed by atoms with Gasteiger partial charge in [0.1, 0.15) is 11.8 Å². The molecule has 190 valence electrons. The Bertz CT molecular complexity index is 1540. The number of aromatic amines is 1. The topological polar surface area (TPSA) is 115 Å². The zero-order valence-corrected chi connectivity index (χ0v) is 20.6. The van der Waals surface area contributed by atoms with E-state index in [2.05, 4.69) is 15.3 Å². The third-order valence-corrected chi connectivity index (χ3v) is 6.58. The van der Waals surface area contributed by atoms with E-state index < -0.39 is 12.0 Å². The number of pyridine rings is 1. The van der Waals surface area contributed by atoms with Crippen molar-refractivity contribution in [2.45, 2.75) is 25.3 Å². The van der Waals surface area contributed by atoms with E-state index in [9.17, 15) is 19.8 Å². The van der Waals surface area contributed by atoms with Crippen molar-refractivity contribution in [3.8, 4) is 28.1 Å². The van der Waals surface area contributed by atoms with Gasteiger partial charge in [-0.15, -0.1) is 0 Å². The van der Waals surface area contributed by atoms with E-state index >= 15 is 0 Å². The van der Waals surface area contributed by atoms with E-state index in [1.165, 1.54) is 0 Å². The van der Waals surface area contributed by atoms with E-state index in [1.54, 1.807) is 12.4 Å². The van der Waals surface area contributed by atoms with Crippen molar-refractivity contribution in [1.29, 1.82) is 0 Å². The summed E-state index contributed by atoms with van der Waals surface area (Å²) in [6.07, 6.45) is 4.41. The van der Waals surface area contributed by atoms with Gasteiger partial charge in [-0.05, 0) is 47.7 Å². The Morgan fingerprint density at radius 3 is 2.39 bits per heavy atom. The van der Waals surface area contributed by atoms with Crippen LogP contribution in [-0.4, -0.2) is 38.1 Å². The van der Waals surface area contributed by atoms with Crippen molar-refractivity contribution < 1.29 is 19.8 Å². The fraction of sp³-hybridized carbons (Fsp3) is 0.129. The molecule has 1 unspecified atom stereocenters. The zero-order chi connectivity index (χ0) is 26.5. The molecule has 1 amide bonds. The van der Waals surface area contributed by atoms with Gasteiger partial charge in [-0.2, -0.15) is 0 Å². The molecular formula is C31H27N3O4. The Balaban J connectivity index is 1.26. The Morgan fingerprint density at radius 2 is 1.66 bits per heavy atom. The molecule has 0 aliphatic heterocycles. The summed E-state index contributed by atoms with van der Waals surface area (Å²) in [7, 11) is 0. The van der Waals surface area contributed by atoms with Gasteiger partial charge >= 0.3 is 5.97 Å². The Kier molecular flexibility index (Phi) is 7.17. The van der Waals surface area contributed by atoms with Crippen LogP contribution in [-0.2, 0) is 22.4 Å². The first kappa shape index (κ1) is 24.8. The van der Waals surface area contributed by atoms with Crippen LogP contribution in [0.1, 0.15) is 17.5 Å². The molecule has 4 N–H and O–H groups in total. The maximum absolute atomic E-state index is 12.6. The number of rotatable bonds is 9. The number of nitrogens with one attached hydrogen (secondary N) is 2. The number of benzene rings is 3. The number of aryl methyl sites for hydroxylation is 1. The van der Waals surface area contributed by atoms with Crippen LogP contribution >= 0.6 is 0 Å². The number of carbonyl (C=O) groups excluding carboxylic acids is 1. The average molecular weight is 506 g/mol. The molecule has 7 nitrogen and oxygen atoms in total. The standard InChI is InChI=1S/C31H27N3O4/c35-29(34-26(31(37)38)14-11-20-5-2-1-3-6-20)17-21-9-12-22(13-10-21)24-7-4-8-25(30(24)36)27-18-23-15-16-32-19-28(23)33-27/h1-10,12-13,15-16,18-19,26,33,36H,11,14,17H2,(H,34,35)(H,37,38). The molecule has 3 aromatic carbocycles. The molecule has 1 atom stereocenters. The first-order valence-corrected chi connectivity index (χ1v) is 12.4. The van der Waals surface area contributed by atoms with Crippen LogP contribution in [0, 0.1) is 0 Å². The number of fused-ring (bicyclic) bond motifs is 1. The lowest BCUT2D eigenvalue weighted by Crippen LogP contribution is -2.41. The SMILES string of the molecule is O=C(Cc1ccc(-c2cccc(-c3cc4ccncc4[nH]3)c2O)cc1)NC(CCc1ccccc1)C(=O)O. The fourth-order valence-electron chi connectivity index (χ4n) is 4.56. The highest BCUT2D eigenvalue weighted by molar-refractivity contribution is 5.89. The highest BCUT2D eigenvalue weighted by atomic mass is 16.4. The number of aromatic hydroxyl groups is 1. The van der Waals surface area contributed by atoms with Crippen LogP contribution in [0.25, 0.3) is 33.3 Å². The number of hydrogen-bond donors (Lipinski definition) is 4. The number of amides is 1. The molecule has 0 spiro atoms. The maximum Gasteiger partial charge on any atom is 0.326 e. The van der Waals surface area contributed by atoms with Crippen molar-refractivity contribution in [3.05, 3.63) is 108 Å². The molecule has 0 bridgehead atoms. The first-order valence-electron chi connectivity index (χ1n) is 12.4. The number of carbonyl (C=O) groups is 2. The van der Waals surface area contributed by atoms with Crippen molar-refractivity contribution >= 4 is 22.8 Å². The second kappa shape index (κ2) is 11.0. The largest absolute Gasteiger partial charge is 0.507 e. The molecule has 5 aromatic rings. The van der Waals surface area contributed by atoms with Gasteiger partial charge < -0.3 is 20.5 Å². The molecule has 5 rings (SSSR count). The summed E-state index contributed by atoms with van der Waals surface area (Å²) in [6.45, 7) is 0. The minimum Gasteiger partial charge on any atom is -0.507 e. The van der Waals surface area contributed by atoms with Crippen LogP contribution in [0.3, 0.4) is 0 Å². The normalized spacial score (nSPS) is 11.8. The van der Waals surface area contributed by atoms with E-state index in [0.29, 0.717) is 24.0 Å². The number of phenolic OH excluding ortho intramolecular Hbond substituents is 1. The monoisotopic (exact) mass is 505 g/mol. The number of phenols is 1. The van der Waals surface area contributed by atoms with Gasteiger partial charge in [-0.3, -0.25) is 9.78 Å². The summed E-state index contributed by atoms with van der Waals surface area (Å²) in [5.41, 5.74) is 5.60. The molecule has 7 heteroatoms. The molecule has 0 radical (unpaired) electrons. The number of para-hydroxylation sites is 1. The fourth-order valence-corrected chi connectivity index (χ4v) is 4.56. The van der Waals surface area contributed by atoms with E-state index in [0.717, 1.165) is 33.3 Å². The van der Waals surface area contributed by atoms with Gasteiger partial charge in [-0.1, -0.05) is 66.7 Å². The number of aromatic nitrogens is 2. The summed E-state index contributed by atoms with van der Waals surface area (Å²) in [4.78, 5) is 31.7. The minimum atomic E-state index is -1.05. The summed E-state index contributed by atoms with van der Waals surface area (Å²) in [5.74, 6) is -1.25. The highest BCUT2D eigenvalue weighted by Crippen LogP contribution is 2.38. The Labute approximate surface area is 219 Å². The van der Waals surface area contributed by atoms with Crippen LogP contribution < -0.4 is 5.32 Å². The summed E-state index contributed by atoms with van der Waals surface area (Å²) in [5, 5.41) is 24.3. The molecule has 0 aliphatic rings. The van der Waals surface area contributed by atoms with Crippen LogP contribution in [0.4, 0.5) is 0 Å². The molecule has 2 aromatic heterocycles. The van der Waals surface area contributed by atoms with Crippen molar-refractivity contribution in [1.82, 2.24) is 15.3 Å². The number of H-pyrrole nitrogens is 1. The summed E-state index contributed by atoms with van der Waals surface area (Å²) < 4.78 is 0. The molecule has 0 saturated carbocycles. The predicted octanol–water partition coefficient (Wildman–Crippen LogP) is 5.35. The van der Waals surface area contributed by atoms with Gasteiger partial charge in [0.2, 0.25) is 5.91 Å². The molecule has 0 aliphatic carbocycles. The molecule has 38 heavy (non-hydrogen) atoms. The molecular weight excluding hydrogens is 478 g/mol. The van der Waals surface area contributed by atoms with Crippen LogP contribution in [0.15, 0.2) is 97.3 Å². The first-order chi connectivity index (χ1) is 18.5. The summed E-state index contributed by atoms with van der Waals surface area (Å²) >= 11 is 0. The van der Waals surface area contributed by atoms with Gasteiger partial charge in [0.15, 0.2) is 0 Å². The maximum atomic E-state index is 12.6. The number of aliphatic carboxylic acids is 1. The lowest BCUT2D eigenvalue weighted by atomic mass is 9.98. The predicted molar refractivity (Wildman–Crippen MR) is 147 cm³/mol. The lowest BCUT2D eigenvalue weighted by Gasteiger charge is -2.15. The highest BCUT2D eigenvalue weighted by Gasteiger charge is 2.20. The van der Waals surface area contributed by atoms with Crippen LogP contribution in [0.5, 0.6) is 5.75 Å². The third-order valence-electron chi connectivity index (χ3n) is 6.58. The number of carboxylic acids is 1. The van der Waals surface area contributed by atoms with Gasteiger partial charge in [0, 0.05) is 22.7 Å². The average Bonchev–Trinajstić information content (AvgIpc) is 3.36. The molecule has 0 fully saturated rings. The number of hydrogen-bond acceptors (Lipinski definition) is 4. The van der Waals surface area contributed by atoms with E-state index in [1.807, 2.05) is 84.9 Å². The van der Waals surface area contributed by atoms with Crippen LogP contribution in [0.2, 0.25) is 0 Å². The summed E-state index contributed by atoms with van der Waals surface area (Å²) in [6, 6.07) is 25.4. The molecule has 0 saturated heterocycles. The third kappa shape index (κ3) is 5.57. The quantitative estimate of drug-likeness (QED) is 0.216. The number of nitrogens with zero attached hydrogens (tertiary/aromatic N) is 1. The zero-order valence-electron chi connectivity index (χ0n) is 20.6. The van der Waals surface area contributed by atoms with Gasteiger partial charge in [-0.25, -0.2) is 4.79 Å². The van der Waals surface area contributed by atoms with Gasteiger partial charge in [0.05, 0.1) is 23.8 Å². The number of carboxylic acid groups (broad SMARTS) is 1. The smallest absolute Gasteiger partial charge is 0.326 e. The van der Waals surface area contributed by atoms with Crippen molar-refractivity contribution in [2.24, 2.45) is 0 Å². The second-order valence-corrected chi connectivity index (χ2v) is 9.20. The molecule has 2 heterocycles. The van der Waals surface area contributed by atoms with E-state index in [-0.39, 0.29) is 18.1 Å². The second-order valence-electron chi connectivity index (χ2n) is 9.20. The van der Waals surface area contributed by atoms with E-state index in [4.69, 9.17) is 0 Å². The lowest BCUT2D eigenvalue weighted by molar-refractivity contribution is -0.141. The van der Waals surface area contributed by atoms with Gasteiger partial charge in [0.25, 0.3) is 0 Å². The van der Waals surface area contributed by atoms with Crippen molar-refractivity contribution in [3.63, 3.8) is 0 Å². The minimum absolute atomic E-state index is 0.0600.